The standard InChI is InChI=1S/C26H42N4O7S/c1-25(2,3)37-24(34)27-19-11-8-6-4-5-7-10-17-16-26(17,23(33)29-38(35,36)18-13-14-18)28-21(31)20-12-9-15-30(20)22(19)32/h7,10,17-20,22,32H,4-6,8-9,11-16H2,1-3H3,(H,27,34)(H,28,31)(H,29,33)/b10-7-/t17-,19+,20+,22?,26-/m1/s1. The third-order valence-electron chi connectivity index (χ3n) is 7.72. The molecule has 0 aromatic heterocycles. The molecule has 0 spiro atoms. The Bertz CT molecular complexity index is 1050. The van der Waals surface area contributed by atoms with Crippen molar-refractivity contribution in [1.82, 2.24) is 20.3 Å². The van der Waals surface area contributed by atoms with Gasteiger partial charge in [-0.05, 0) is 72.1 Å². The number of fused-ring (bicyclic) bond motifs is 2. The maximum absolute atomic E-state index is 13.5. The number of alkyl carbamates (subject to hydrolysis) is 1. The van der Waals surface area contributed by atoms with E-state index < -0.39 is 62.6 Å². The van der Waals surface area contributed by atoms with Crippen LogP contribution in [0.1, 0.15) is 85.0 Å². The van der Waals surface area contributed by atoms with Gasteiger partial charge in [-0.1, -0.05) is 25.0 Å². The molecule has 4 aliphatic rings. The highest BCUT2D eigenvalue weighted by atomic mass is 32.2. The van der Waals surface area contributed by atoms with Gasteiger partial charge in [0.1, 0.15) is 17.4 Å². The molecule has 3 fully saturated rings. The summed E-state index contributed by atoms with van der Waals surface area (Å²) in [5.74, 6) is -1.43. The maximum Gasteiger partial charge on any atom is 0.408 e. The fourth-order valence-electron chi connectivity index (χ4n) is 5.40. The van der Waals surface area contributed by atoms with Crippen LogP contribution in [0.5, 0.6) is 0 Å². The van der Waals surface area contributed by atoms with Crippen molar-refractivity contribution in [3.05, 3.63) is 12.2 Å². The first-order valence-electron chi connectivity index (χ1n) is 13.8. The Morgan fingerprint density at radius 3 is 2.55 bits per heavy atom. The van der Waals surface area contributed by atoms with Gasteiger partial charge in [-0.15, -0.1) is 0 Å². The minimum Gasteiger partial charge on any atom is -0.444 e. The van der Waals surface area contributed by atoms with Crippen LogP contribution >= 0.6 is 0 Å². The van der Waals surface area contributed by atoms with Gasteiger partial charge >= 0.3 is 6.09 Å². The van der Waals surface area contributed by atoms with E-state index in [0.29, 0.717) is 45.1 Å². The van der Waals surface area contributed by atoms with Crippen molar-refractivity contribution in [2.24, 2.45) is 5.92 Å². The summed E-state index contributed by atoms with van der Waals surface area (Å²) < 4.78 is 32.6. The van der Waals surface area contributed by atoms with Crippen molar-refractivity contribution in [2.45, 2.75) is 120 Å². The smallest absolute Gasteiger partial charge is 0.408 e. The number of aliphatic hydroxyl groups is 1. The number of sulfonamides is 1. The highest BCUT2D eigenvalue weighted by Crippen LogP contribution is 2.46. The van der Waals surface area contributed by atoms with Gasteiger partial charge in [0.2, 0.25) is 15.9 Å². The number of amides is 3. The lowest BCUT2D eigenvalue weighted by atomic mass is 10.0. The third-order valence-corrected chi connectivity index (χ3v) is 9.54. The number of nitrogens with zero attached hydrogens (tertiary/aromatic N) is 1. The third kappa shape index (κ3) is 6.87. The fourth-order valence-corrected chi connectivity index (χ4v) is 6.77. The first-order chi connectivity index (χ1) is 17.8. The zero-order valence-corrected chi connectivity index (χ0v) is 23.4. The number of nitrogens with one attached hydrogen (secondary N) is 3. The molecular formula is C26H42N4O7S. The number of ether oxygens (including phenoxy) is 1. The molecule has 12 heteroatoms. The second kappa shape index (κ2) is 11.1. The number of carbonyl (C=O) groups is 3. The van der Waals surface area contributed by atoms with E-state index in [1.165, 1.54) is 0 Å². The lowest BCUT2D eigenvalue weighted by molar-refractivity contribution is -0.135. The van der Waals surface area contributed by atoms with E-state index in [4.69, 9.17) is 4.74 Å². The van der Waals surface area contributed by atoms with Crippen LogP contribution in [0.2, 0.25) is 0 Å². The summed E-state index contributed by atoms with van der Waals surface area (Å²) in [6.07, 6.45) is 8.44. The number of rotatable bonds is 4. The normalized spacial score (nSPS) is 33.9. The van der Waals surface area contributed by atoms with E-state index in [9.17, 15) is 27.9 Å². The minimum atomic E-state index is -3.77. The van der Waals surface area contributed by atoms with Crippen LogP contribution in [0.4, 0.5) is 4.79 Å². The van der Waals surface area contributed by atoms with Gasteiger partial charge in [-0.2, -0.15) is 0 Å². The monoisotopic (exact) mass is 554 g/mol. The fraction of sp³-hybridized carbons (Fsp3) is 0.808. The summed E-state index contributed by atoms with van der Waals surface area (Å²) in [5, 5.41) is 16.5. The molecular weight excluding hydrogens is 512 g/mol. The summed E-state index contributed by atoms with van der Waals surface area (Å²) in [5.41, 5.74) is -2.02. The zero-order chi connectivity index (χ0) is 27.7. The Kier molecular flexibility index (Phi) is 8.44. The molecule has 2 heterocycles. The molecule has 3 amide bonds. The Balaban J connectivity index is 1.53. The van der Waals surface area contributed by atoms with Gasteiger partial charge < -0.3 is 20.5 Å². The van der Waals surface area contributed by atoms with Gasteiger partial charge in [0, 0.05) is 12.5 Å². The lowest BCUT2D eigenvalue weighted by Gasteiger charge is -2.35. The Morgan fingerprint density at radius 1 is 1.13 bits per heavy atom. The van der Waals surface area contributed by atoms with E-state index in [1.807, 2.05) is 12.2 Å². The average Bonchev–Trinajstić information content (AvgIpc) is 3.72. The molecule has 2 saturated carbocycles. The maximum atomic E-state index is 13.5. The topological polar surface area (TPSA) is 154 Å². The van der Waals surface area contributed by atoms with Gasteiger partial charge in [0.15, 0.2) is 0 Å². The number of aliphatic hydroxyl groups excluding tert-OH is 1. The zero-order valence-electron chi connectivity index (χ0n) is 22.6. The van der Waals surface area contributed by atoms with E-state index in [1.54, 1.807) is 25.7 Å². The van der Waals surface area contributed by atoms with Crippen LogP contribution in [0, 0.1) is 5.92 Å². The van der Waals surface area contributed by atoms with E-state index >= 15 is 0 Å². The summed E-state index contributed by atoms with van der Waals surface area (Å²) in [6.45, 7) is 5.74. The van der Waals surface area contributed by atoms with Crippen LogP contribution < -0.4 is 15.4 Å². The van der Waals surface area contributed by atoms with Gasteiger partial charge in [0.25, 0.3) is 5.91 Å². The molecule has 214 valence electrons. The molecule has 1 saturated heterocycles. The minimum absolute atomic E-state index is 0.299. The molecule has 0 aromatic rings. The Morgan fingerprint density at radius 2 is 1.87 bits per heavy atom. The number of hydrogen-bond donors (Lipinski definition) is 4. The Hall–Kier alpha value is -2.18. The summed E-state index contributed by atoms with van der Waals surface area (Å²) in [6, 6.07) is -1.36. The largest absolute Gasteiger partial charge is 0.444 e. The molecule has 1 unspecified atom stereocenters. The molecule has 11 nitrogen and oxygen atoms in total. The van der Waals surface area contributed by atoms with Crippen LogP contribution in [0.3, 0.4) is 0 Å². The lowest BCUT2D eigenvalue weighted by Crippen LogP contribution is -2.59. The van der Waals surface area contributed by atoms with Crippen molar-refractivity contribution in [3.8, 4) is 0 Å². The predicted octanol–water partition coefficient (Wildman–Crippen LogP) is 1.67. The SMILES string of the molecule is CC(C)(C)OC(=O)N[C@H]1CCCCC/C=C\[C@@H]2C[C@@]2(C(=O)NS(=O)(=O)C2CC2)NC(=O)[C@@H]2CCCN2C1O. The number of hydrogen-bond acceptors (Lipinski definition) is 8. The molecule has 4 N–H and O–H groups in total. The van der Waals surface area contributed by atoms with Crippen molar-refractivity contribution in [1.29, 1.82) is 0 Å². The van der Waals surface area contributed by atoms with E-state index in [2.05, 4.69) is 15.4 Å². The molecule has 4 rings (SSSR count). The van der Waals surface area contributed by atoms with E-state index in [0.717, 1.165) is 25.7 Å². The first kappa shape index (κ1) is 28.8. The van der Waals surface area contributed by atoms with Gasteiger partial charge in [-0.25, -0.2) is 13.2 Å². The number of allylic oxidation sites excluding steroid dienone is 1. The van der Waals surface area contributed by atoms with Gasteiger partial charge in [-0.3, -0.25) is 19.2 Å². The summed E-state index contributed by atoms with van der Waals surface area (Å²) in [4.78, 5) is 41.0. The molecule has 0 aromatic carbocycles. The van der Waals surface area contributed by atoms with E-state index in [-0.39, 0.29) is 5.92 Å². The first-order valence-corrected chi connectivity index (χ1v) is 15.3. The molecule has 2 aliphatic carbocycles. The van der Waals surface area contributed by atoms with Crippen molar-refractivity contribution >= 4 is 27.9 Å². The second-order valence-electron chi connectivity index (χ2n) is 12.1. The van der Waals surface area contributed by atoms with Crippen LogP contribution in [-0.4, -0.2) is 77.6 Å². The second-order valence-corrected chi connectivity index (χ2v) is 14.0. The highest BCUT2D eigenvalue weighted by molar-refractivity contribution is 7.91. The van der Waals surface area contributed by atoms with Crippen molar-refractivity contribution in [3.63, 3.8) is 0 Å². The summed E-state index contributed by atoms with van der Waals surface area (Å²) >= 11 is 0. The molecule has 0 bridgehead atoms. The number of carbonyl (C=O) groups excluding carboxylic acids is 3. The van der Waals surface area contributed by atoms with Crippen LogP contribution in [0.15, 0.2) is 12.2 Å². The summed E-state index contributed by atoms with van der Waals surface area (Å²) in [7, 11) is -3.77. The average molecular weight is 555 g/mol. The van der Waals surface area contributed by atoms with Crippen molar-refractivity contribution in [2.75, 3.05) is 6.54 Å². The van der Waals surface area contributed by atoms with Gasteiger partial charge in [0.05, 0.1) is 17.3 Å². The molecule has 0 radical (unpaired) electrons. The molecule has 2 aliphatic heterocycles. The van der Waals surface area contributed by atoms with Crippen molar-refractivity contribution < 1.29 is 32.6 Å². The predicted molar refractivity (Wildman–Crippen MR) is 140 cm³/mol. The molecule has 5 atom stereocenters. The Labute approximate surface area is 225 Å². The highest BCUT2D eigenvalue weighted by Gasteiger charge is 2.61. The van der Waals surface area contributed by atoms with Crippen LogP contribution in [0.25, 0.3) is 0 Å². The molecule has 38 heavy (non-hydrogen) atoms. The van der Waals surface area contributed by atoms with Crippen LogP contribution in [-0.2, 0) is 24.3 Å². The quantitative estimate of drug-likeness (QED) is 0.383.